The zero-order valence-electron chi connectivity index (χ0n) is 19.3. The van der Waals surface area contributed by atoms with Crippen molar-refractivity contribution >= 4 is 38.4 Å². The molecule has 0 saturated carbocycles. The van der Waals surface area contributed by atoms with Crippen molar-refractivity contribution in [2.45, 2.75) is 65.3 Å². The second-order valence-electron chi connectivity index (χ2n) is 8.99. The van der Waals surface area contributed by atoms with Crippen LogP contribution in [0.25, 0.3) is 16.5 Å². The summed E-state index contributed by atoms with van der Waals surface area (Å²) in [5.41, 5.74) is 9.20. The van der Waals surface area contributed by atoms with Crippen LogP contribution in [0.2, 0.25) is 0 Å². The third kappa shape index (κ3) is 3.82. The van der Waals surface area contributed by atoms with Crippen LogP contribution in [0.3, 0.4) is 0 Å². The van der Waals surface area contributed by atoms with Gasteiger partial charge in [-0.05, 0) is 98.2 Å². The maximum absolute atomic E-state index is 12.9. The minimum Gasteiger partial charge on any atom is -0.324 e. The molecule has 0 unspecified atom stereocenters. The van der Waals surface area contributed by atoms with E-state index >= 15 is 0 Å². The third-order valence-corrected chi connectivity index (χ3v) is 7.94. The summed E-state index contributed by atoms with van der Waals surface area (Å²) >= 11 is 3.87. The van der Waals surface area contributed by atoms with Gasteiger partial charge in [0.15, 0.2) is 0 Å². The van der Waals surface area contributed by atoms with Crippen molar-refractivity contribution in [3.05, 3.63) is 40.0 Å². The Hall–Kier alpha value is -1.79. The number of halogens is 1. The van der Waals surface area contributed by atoms with Gasteiger partial charge in [-0.1, -0.05) is 25.1 Å². The van der Waals surface area contributed by atoms with E-state index in [0.717, 1.165) is 34.2 Å². The Morgan fingerprint density at radius 1 is 1.29 bits per heavy atom. The molecule has 5 nitrogen and oxygen atoms in total. The van der Waals surface area contributed by atoms with E-state index in [1.807, 2.05) is 23.4 Å². The smallest absolute Gasteiger partial charge is 0.324 e. The fourth-order valence-corrected chi connectivity index (χ4v) is 6.18. The second kappa shape index (κ2) is 8.99. The largest absolute Gasteiger partial charge is 0.336 e. The number of nitrogens with one attached hydrogen (secondary N) is 1. The van der Waals surface area contributed by atoms with Gasteiger partial charge in [-0.25, -0.2) is 14.9 Å². The highest BCUT2D eigenvalue weighted by Gasteiger charge is 2.39. The van der Waals surface area contributed by atoms with Crippen LogP contribution < -0.4 is 5.43 Å². The van der Waals surface area contributed by atoms with Crippen molar-refractivity contribution in [1.82, 2.24) is 14.5 Å². The molecule has 2 aliphatic rings. The number of nitrogens with zero attached hydrogens (tertiary/aromatic N) is 3. The van der Waals surface area contributed by atoms with E-state index in [9.17, 15) is 4.79 Å². The molecular weight excluding hydrogens is 452 g/mol. The van der Waals surface area contributed by atoms with E-state index in [4.69, 9.17) is 0 Å². The van der Waals surface area contributed by atoms with Gasteiger partial charge >= 0.3 is 6.03 Å². The zero-order chi connectivity index (χ0) is 22.3. The van der Waals surface area contributed by atoms with Crippen molar-refractivity contribution in [1.29, 1.82) is 0 Å². The number of urea groups is 1. The standard InChI is InChI=1S/C25H35BrN4O/c1-6-11-29-12-9-10-18-19-13-17(16(4)5)14-22-23(19)20(15-21(18)29)24(26)30(22)27-25(31)28(7-2)8-3/h13-14,18,21H,4,6-12,15H2,1-3,5H3,(H,27,31)/t18-,21-/m1/s1. The molecule has 2 atom stereocenters. The summed E-state index contributed by atoms with van der Waals surface area (Å²) in [5.74, 6) is 0.538. The molecule has 2 heterocycles. The summed E-state index contributed by atoms with van der Waals surface area (Å²) in [4.78, 5) is 17.4. The van der Waals surface area contributed by atoms with Crippen LogP contribution in [0, 0.1) is 0 Å². The minimum absolute atomic E-state index is 0.0688. The van der Waals surface area contributed by atoms with Gasteiger partial charge < -0.3 is 4.90 Å². The molecule has 2 aromatic rings. The molecule has 1 saturated heterocycles. The summed E-state index contributed by atoms with van der Waals surface area (Å²) in [5, 5.41) is 1.32. The van der Waals surface area contributed by atoms with Gasteiger partial charge in [-0.15, -0.1) is 0 Å². The van der Waals surface area contributed by atoms with E-state index in [0.29, 0.717) is 25.0 Å². The second-order valence-corrected chi connectivity index (χ2v) is 9.74. The van der Waals surface area contributed by atoms with Crippen LogP contribution >= 0.6 is 15.9 Å². The lowest BCUT2D eigenvalue weighted by Crippen LogP contribution is -2.47. The van der Waals surface area contributed by atoms with E-state index in [-0.39, 0.29) is 6.03 Å². The number of allylic oxidation sites excluding steroid dienone is 1. The molecule has 0 bridgehead atoms. The Kier molecular flexibility index (Phi) is 6.50. The lowest BCUT2D eigenvalue weighted by molar-refractivity contribution is 0.124. The molecule has 168 valence electrons. The van der Waals surface area contributed by atoms with Crippen LogP contribution in [-0.4, -0.2) is 52.7 Å². The number of fused-ring (bicyclic) bond motifs is 2. The fourth-order valence-electron chi connectivity index (χ4n) is 5.54. The molecule has 0 radical (unpaired) electrons. The molecule has 0 spiro atoms. The van der Waals surface area contributed by atoms with Crippen molar-refractivity contribution in [3.8, 4) is 0 Å². The van der Waals surface area contributed by atoms with Gasteiger partial charge in [0.2, 0.25) is 0 Å². The van der Waals surface area contributed by atoms with E-state index in [1.54, 1.807) is 0 Å². The Bertz CT molecular complexity index is 1000. The molecule has 6 heteroatoms. The van der Waals surface area contributed by atoms with Crippen LogP contribution in [0.15, 0.2) is 23.3 Å². The number of carbonyl (C=O) groups excluding carboxylic acids is 1. The SMILES string of the molecule is C=C(C)c1cc2c3c(c(Br)n(NC(=O)N(CC)CC)c3c1)C[C@@H]1[C@@H]2CCCN1CCC. The summed E-state index contributed by atoms with van der Waals surface area (Å²) in [6.45, 7) is 16.3. The maximum atomic E-state index is 12.9. The molecular formula is C25H35BrN4O. The molecule has 4 rings (SSSR count). The summed E-state index contributed by atoms with van der Waals surface area (Å²) in [6.07, 6.45) is 4.68. The van der Waals surface area contributed by atoms with Crippen molar-refractivity contribution in [2.75, 3.05) is 31.6 Å². The van der Waals surface area contributed by atoms with Crippen molar-refractivity contribution < 1.29 is 4.79 Å². The van der Waals surface area contributed by atoms with E-state index in [2.05, 4.69) is 58.8 Å². The molecule has 1 aliphatic heterocycles. The molecule has 1 aromatic carbocycles. The van der Waals surface area contributed by atoms with Crippen molar-refractivity contribution in [2.24, 2.45) is 0 Å². The van der Waals surface area contributed by atoms with Gasteiger partial charge in [0, 0.05) is 30.4 Å². The summed E-state index contributed by atoms with van der Waals surface area (Å²) < 4.78 is 2.94. The van der Waals surface area contributed by atoms with Crippen LogP contribution in [0.1, 0.15) is 69.6 Å². The predicted octanol–water partition coefficient (Wildman–Crippen LogP) is 5.96. The lowest BCUT2D eigenvalue weighted by Gasteiger charge is -2.44. The average Bonchev–Trinajstić information content (AvgIpc) is 3.02. The quantitative estimate of drug-likeness (QED) is 0.547. The van der Waals surface area contributed by atoms with Gasteiger partial charge in [0.05, 0.1) is 5.52 Å². The van der Waals surface area contributed by atoms with Gasteiger partial charge in [-0.3, -0.25) is 4.90 Å². The molecule has 1 fully saturated rings. The van der Waals surface area contributed by atoms with Crippen molar-refractivity contribution in [3.63, 3.8) is 0 Å². The Morgan fingerprint density at radius 3 is 2.68 bits per heavy atom. The van der Waals surface area contributed by atoms with Gasteiger partial charge in [0.25, 0.3) is 0 Å². The van der Waals surface area contributed by atoms with Crippen LogP contribution in [0.4, 0.5) is 4.79 Å². The first-order valence-electron chi connectivity index (χ1n) is 11.7. The number of carbonyl (C=O) groups is 1. The number of hydrogen-bond donors (Lipinski definition) is 1. The first-order valence-corrected chi connectivity index (χ1v) is 12.5. The van der Waals surface area contributed by atoms with E-state index < -0.39 is 0 Å². The third-order valence-electron chi connectivity index (χ3n) is 7.10. The maximum Gasteiger partial charge on any atom is 0.336 e. The molecule has 1 aromatic heterocycles. The first-order chi connectivity index (χ1) is 14.9. The first kappa shape index (κ1) is 22.4. The number of amides is 2. The molecule has 2 amide bonds. The molecule has 31 heavy (non-hydrogen) atoms. The number of hydrogen-bond acceptors (Lipinski definition) is 2. The van der Waals surface area contributed by atoms with Gasteiger partial charge in [0.1, 0.15) is 4.60 Å². The monoisotopic (exact) mass is 486 g/mol. The number of benzene rings is 1. The number of likely N-dealkylation sites (tertiary alicyclic amines) is 1. The predicted molar refractivity (Wildman–Crippen MR) is 133 cm³/mol. The highest BCUT2D eigenvalue weighted by atomic mass is 79.9. The summed E-state index contributed by atoms with van der Waals surface area (Å²) in [6, 6.07) is 5.00. The minimum atomic E-state index is -0.0688. The van der Waals surface area contributed by atoms with Gasteiger partial charge in [-0.2, -0.15) is 0 Å². The Labute approximate surface area is 194 Å². The normalized spacial score (nSPS) is 20.5. The Balaban J connectivity index is 1.88. The molecule has 1 aliphatic carbocycles. The highest BCUT2D eigenvalue weighted by molar-refractivity contribution is 9.10. The number of aromatic nitrogens is 1. The average molecular weight is 487 g/mol. The zero-order valence-corrected chi connectivity index (χ0v) is 20.9. The molecule has 1 N–H and O–H groups in total. The van der Waals surface area contributed by atoms with Crippen LogP contribution in [0.5, 0.6) is 0 Å². The van der Waals surface area contributed by atoms with E-state index in [1.165, 1.54) is 42.3 Å². The fraction of sp³-hybridized carbons (Fsp3) is 0.560. The highest BCUT2D eigenvalue weighted by Crippen LogP contribution is 2.47. The summed E-state index contributed by atoms with van der Waals surface area (Å²) in [7, 11) is 0. The topological polar surface area (TPSA) is 40.5 Å². The number of rotatable bonds is 6. The Morgan fingerprint density at radius 2 is 2.03 bits per heavy atom. The number of piperidine rings is 1. The van der Waals surface area contributed by atoms with Crippen LogP contribution in [-0.2, 0) is 6.42 Å². The lowest BCUT2D eigenvalue weighted by atomic mass is 9.74.